The van der Waals surface area contributed by atoms with E-state index in [1.807, 2.05) is 12.1 Å². The number of hydrogen-bond donors (Lipinski definition) is 2. The van der Waals surface area contributed by atoms with E-state index >= 15 is 0 Å². The van der Waals surface area contributed by atoms with Crippen LogP contribution in [0.2, 0.25) is 5.22 Å². The second-order valence-corrected chi connectivity index (χ2v) is 5.15. The Bertz CT molecular complexity index is 665. The smallest absolute Gasteiger partial charge is 0.303 e. The molecule has 0 aliphatic heterocycles. The van der Waals surface area contributed by atoms with Crippen molar-refractivity contribution in [1.29, 1.82) is 0 Å². The zero-order valence-corrected chi connectivity index (χ0v) is 13.0. The number of carbonyl (C=O) groups is 2. The Morgan fingerprint density at radius 2 is 1.91 bits per heavy atom. The molecule has 2 aromatic rings. The van der Waals surface area contributed by atoms with Gasteiger partial charge in [-0.3, -0.25) is 9.59 Å². The van der Waals surface area contributed by atoms with Gasteiger partial charge in [0.15, 0.2) is 11.0 Å². The summed E-state index contributed by atoms with van der Waals surface area (Å²) in [7, 11) is 0. The highest BCUT2D eigenvalue weighted by atomic mass is 35.5. The fraction of sp³-hybridized carbons (Fsp3) is 0.250. The van der Waals surface area contributed by atoms with Gasteiger partial charge in [-0.2, -0.15) is 0 Å². The van der Waals surface area contributed by atoms with Crippen molar-refractivity contribution >= 4 is 23.5 Å². The Morgan fingerprint density at radius 1 is 1.17 bits per heavy atom. The molecule has 1 amide bonds. The first kappa shape index (κ1) is 16.9. The molecule has 0 spiro atoms. The molecule has 0 fully saturated rings. The molecule has 1 aromatic heterocycles. The number of rotatable bonds is 8. The maximum absolute atomic E-state index is 11.8. The molecular formula is C16H16ClNO5. The number of halogens is 1. The van der Waals surface area contributed by atoms with E-state index in [0.717, 1.165) is 5.56 Å². The molecule has 0 bridgehead atoms. The van der Waals surface area contributed by atoms with Gasteiger partial charge in [0, 0.05) is 13.0 Å². The molecule has 6 nitrogen and oxygen atoms in total. The minimum atomic E-state index is -0.836. The van der Waals surface area contributed by atoms with Crippen molar-refractivity contribution in [1.82, 2.24) is 5.32 Å². The molecule has 0 radical (unpaired) electrons. The van der Waals surface area contributed by atoms with Crippen LogP contribution in [0.25, 0.3) is 0 Å². The van der Waals surface area contributed by atoms with E-state index in [1.54, 1.807) is 12.1 Å². The first-order chi connectivity index (χ1) is 11.0. The molecule has 23 heavy (non-hydrogen) atoms. The molecule has 1 aromatic carbocycles. The summed E-state index contributed by atoms with van der Waals surface area (Å²) in [5.74, 6) is -0.361. The second kappa shape index (κ2) is 8.24. The monoisotopic (exact) mass is 337 g/mol. The topological polar surface area (TPSA) is 88.8 Å². The van der Waals surface area contributed by atoms with E-state index in [0.29, 0.717) is 25.3 Å². The van der Waals surface area contributed by atoms with Gasteiger partial charge in [-0.15, -0.1) is 0 Å². The lowest BCUT2D eigenvalue weighted by molar-refractivity contribution is -0.137. The number of carbonyl (C=O) groups excluding carboxylic acids is 1. The molecule has 2 rings (SSSR count). The van der Waals surface area contributed by atoms with E-state index in [2.05, 4.69) is 5.32 Å². The predicted molar refractivity (Wildman–Crippen MR) is 83.7 cm³/mol. The number of ether oxygens (including phenoxy) is 1. The number of aliphatic carboxylic acids is 1. The molecule has 0 saturated carbocycles. The van der Waals surface area contributed by atoms with Crippen molar-refractivity contribution in [2.24, 2.45) is 0 Å². The third kappa shape index (κ3) is 5.67. The standard InChI is InChI=1S/C16H16ClNO5/c17-14-8-7-13(23-14)16(21)18-10-11-3-5-12(6-4-11)22-9-1-2-15(19)20/h3-8H,1-2,9-10H2,(H,18,21)(H,19,20). The molecule has 0 aliphatic rings. The average Bonchev–Trinajstić information content (AvgIpc) is 2.97. The van der Waals surface area contributed by atoms with Crippen molar-refractivity contribution in [3.05, 3.63) is 52.9 Å². The van der Waals surface area contributed by atoms with Crippen LogP contribution in [0.4, 0.5) is 0 Å². The molecule has 122 valence electrons. The van der Waals surface area contributed by atoms with Crippen LogP contribution in [0.3, 0.4) is 0 Å². The van der Waals surface area contributed by atoms with Gasteiger partial charge in [-0.1, -0.05) is 12.1 Å². The van der Waals surface area contributed by atoms with Crippen molar-refractivity contribution in [3.63, 3.8) is 0 Å². The normalized spacial score (nSPS) is 10.3. The zero-order valence-electron chi connectivity index (χ0n) is 12.3. The number of carboxylic acids is 1. The number of amides is 1. The van der Waals surface area contributed by atoms with Crippen LogP contribution < -0.4 is 10.1 Å². The number of hydrogen-bond acceptors (Lipinski definition) is 4. The molecular weight excluding hydrogens is 322 g/mol. The summed E-state index contributed by atoms with van der Waals surface area (Å²) in [6, 6.07) is 10.2. The van der Waals surface area contributed by atoms with Gasteiger partial charge in [0.25, 0.3) is 5.91 Å². The highest BCUT2D eigenvalue weighted by Crippen LogP contribution is 2.14. The van der Waals surface area contributed by atoms with Gasteiger partial charge in [-0.25, -0.2) is 0 Å². The number of furan rings is 1. The summed E-state index contributed by atoms with van der Waals surface area (Å²) in [5.41, 5.74) is 0.897. The fourth-order valence-electron chi connectivity index (χ4n) is 1.82. The fourth-order valence-corrected chi connectivity index (χ4v) is 1.97. The molecule has 7 heteroatoms. The highest BCUT2D eigenvalue weighted by molar-refractivity contribution is 6.29. The largest absolute Gasteiger partial charge is 0.494 e. The molecule has 1 heterocycles. The predicted octanol–water partition coefficient (Wildman–Crippen LogP) is 3.11. The number of nitrogens with one attached hydrogen (secondary N) is 1. The molecule has 0 saturated heterocycles. The van der Waals surface area contributed by atoms with Gasteiger partial charge >= 0.3 is 5.97 Å². The minimum Gasteiger partial charge on any atom is -0.494 e. The van der Waals surface area contributed by atoms with Crippen LogP contribution in [0.15, 0.2) is 40.8 Å². The van der Waals surface area contributed by atoms with E-state index in [4.69, 9.17) is 25.9 Å². The van der Waals surface area contributed by atoms with Crippen molar-refractivity contribution < 1.29 is 23.8 Å². The lowest BCUT2D eigenvalue weighted by Crippen LogP contribution is -2.22. The molecule has 2 N–H and O–H groups in total. The summed E-state index contributed by atoms with van der Waals surface area (Å²) in [4.78, 5) is 22.2. The second-order valence-electron chi connectivity index (χ2n) is 4.78. The Hall–Kier alpha value is -2.47. The third-order valence-electron chi connectivity index (χ3n) is 2.98. The molecule has 0 atom stereocenters. The first-order valence-electron chi connectivity index (χ1n) is 7.01. The maximum Gasteiger partial charge on any atom is 0.303 e. The van der Waals surface area contributed by atoms with Crippen molar-refractivity contribution in [3.8, 4) is 5.75 Å². The lowest BCUT2D eigenvalue weighted by Gasteiger charge is -2.07. The van der Waals surface area contributed by atoms with Crippen LogP contribution in [-0.2, 0) is 11.3 Å². The Labute approximate surface area is 138 Å². The quantitative estimate of drug-likeness (QED) is 0.722. The number of benzene rings is 1. The van der Waals surface area contributed by atoms with Gasteiger partial charge in [0.2, 0.25) is 0 Å². The van der Waals surface area contributed by atoms with Gasteiger partial charge < -0.3 is 19.6 Å². The van der Waals surface area contributed by atoms with Gasteiger partial charge in [-0.05, 0) is 47.9 Å². The van der Waals surface area contributed by atoms with E-state index in [9.17, 15) is 9.59 Å². The third-order valence-corrected chi connectivity index (χ3v) is 3.18. The van der Waals surface area contributed by atoms with E-state index in [-0.39, 0.29) is 23.3 Å². The van der Waals surface area contributed by atoms with Crippen LogP contribution in [0.1, 0.15) is 29.0 Å². The highest BCUT2D eigenvalue weighted by Gasteiger charge is 2.09. The van der Waals surface area contributed by atoms with Gasteiger partial charge in [0.1, 0.15) is 5.75 Å². The molecule has 0 unspecified atom stereocenters. The van der Waals surface area contributed by atoms with Crippen LogP contribution >= 0.6 is 11.6 Å². The summed E-state index contributed by atoms with van der Waals surface area (Å²) in [5, 5.41) is 11.4. The van der Waals surface area contributed by atoms with Crippen LogP contribution in [-0.4, -0.2) is 23.6 Å². The van der Waals surface area contributed by atoms with Gasteiger partial charge in [0.05, 0.1) is 6.61 Å². The van der Waals surface area contributed by atoms with E-state index in [1.165, 1.54) is 12.1 Å². The Morgan fingerprint density at radius 3 is 2.52 bits per heavy atom. The average molecular weight is 338 g/mol. The Kier molecular flexibility index (Phi) is 6.05. The summed E-state index contributed by atoms with van der Waals surface area (Å²) >= 11 is 5.62. The number of carboxylic acid groups (broad SMARTS) is 1. The van der Waals surface area contributed by atoms with Crippen LogP contribution in [0, 0.1) is 0 Å². The summed E-state index contributed by atoms with van der Waals surface area (Å²) < 4.78 is 10.4. The lowest BCUT2D eigenvalue weighted by atomic mass is 10.2. The minimum absolute atomic E-state index is 0.0842. The Balaban J connectivity index is 1.76. The first-order valence-corrected chi connectivity index (χ1v) is 7.39. The van der Waals surface area contributed by atoms with Crippen molar-refractivity contribution in [2.45, 2.75) is 19.4 Å². The maximum atomic E-state index is 11.8. The SMILES string of the molecule is O=C(O)CCCOc1ccc(CNC(=O)c2ccc(Cl)o2)cc1. The summed E-state index contributed by atoms with van der Waals surface area (Å²) in [6.45, 7) is 0.693. The van der Waals surface area contributed by atoms with E-state index < -0.39 is 5.97 Å². The zero-order chi connectivity index (χ0) is 16.7. The van der Waals surface area contributed by atoms with Crippen molar-refractivity contribution in [2.75, 3.05) is 6.61 Å². The van der Waals surface area contributed by atoms with Crippen LogP contribution in [0.5, 0.6) is 5.75 Å². The molecule has 0 aliphatic carbocycles. The summed E-state index contributed by atoms with van der Waals surface area (Å²) in [6.07, 6.45) is 0.541.